The SMILES string of the molecule is NS(=O)(=O)OC[C@@H]1CC[C@H](Nc2cc(Cl)nc3cc(-c4cccc5ccccc45)nn23)C1. The smallest absolute Gasteiger partial charge is 0.333 e. The van der Waals surface area contributed by atoms with Crippen LogP contribution in [0.5, 0.6) is 0 Å². The number of hydrogen-bond acceptors (Lipinski definition) is 6. The number of rotatable bonds is 6. The van der Waals surface area contributed by atoms with Crippen LogP contribution in [0.4, 0.5) is 5.82 Å². The van der Waals surface area contributed by atoms with Gasteiger partial charge in [0.1, 0.15) is 11.0 Å². The number of benzene rings is 2. The van der Waals surface area contributed by atoms with Gasteiger partial charge >= 0.3 is 10.3 Å². The molecule has 0 unspecified atom stereocenters. The highest BCUT2D eigenvalue weighted by atomic mass is 35.5. The number of hydrogen-bond donors (Lipinski definition) is 2. The van der Waals surface area contributed by atoms with Crippen molar-refractivity contribution < 1.29 is 12.6 Å². The van der Waals surface area contributed by atoms with Gasteiger partial charge in [0.15, 0.2) is 5.65 Å². The van der Waals surface area contributed by atoms with Crippen LogP contribution in [0.3, 0.4) is 0 Å². The minimum absolute atomic E-state index is 0.0938. The maximum Gasteiger partial charge on any atom is 0.333 e. The number of aromatic nitrogens is 3. The van der Waals surface area contributed by atoms with E-state index in [0.29, 0.717) is 10.8 Å². The molecule has 2 heterocycles. The van der Waals surface area contributed by atoms with Crippen molar-refractivity contribution in [2.24, 2.45) is 11.1 Å². The van der Waals surface area contributed by atoms with Crippen LogP contribution in [-0.4, -0.2) is 35.7 Å². The van der Waals surface area contributed by atoms with Crippen LogP contribution in [0.25, 0.3) is 27.7 Å². The molecule has 1 aliphatic rings. The fourth-order valence-corrected chi connectivity index (χ4v) is 4.96. The second kappa shape index (κ2) is 8.32. The summed E-state index contributed by atoms with van der Waals surface area (Å²) in [5, 5.41) is 15.9. The molecule has 10 heteroatoms. The summed E-state index contributed by atoms with van der Waals surface area (Å²) < 4.78 is 28.6. The molecule has 2 atom stereocenters. The molecule has 8 nitrogen and oxygen atoms in total. The molecule has 0 amide bonds. The van der Waals surface area contributed by atoms with Gasteiger partial charge in [-0.2, -0.15) is 18.0 Å². The Hall–Kier alpha value is -2.72. The third-order valence-electron chi connectivity index (χ3n) is 5.82. The Kier molecular flexibility index (Phi) is 5.50. The quantitative estimate of drug-likeness (QED) is 0.411. The van der Waals surface area contributed by atoms with Crippen LogP contribution in [0.2, 0.25) is 5.15 Å². The van der Waals surface area contributed by atoms with Crippen molar-refractivity contribution in [2.75, 3.05) is 11.9 Å². The van der Waals surface area contributed by atoms with Crippen LogP contribution >= 0.6 is 11.6 Å². The fraction of sp³-hybridized carbons (Fsp3) is 0.273. The molecule has 1 fully saturated rings. The fourth-order valence-electron chi connectivity index (χ4n) is 4.38. The van der Waals surface area contributed by atoms with E-state index in [2.05, 4.69) is 28.5 Å². The van der Waals surface area contributed by atoms with E-state index in [1.54, 1.807) is 10.6 Å². The molecular formula is C22H22ClN5O3S. The predicted octanol–water partition coefficient (Wildman–Crippen LogP) is 4.00. The molecule has 32 heavy (non-hydrogen) atoms. The highest BCUT2D eigenvalue weighted by Crippen LogP contribution is 2.32. The molecule has 2 aromatic carbocycles. The minimum Gasteiger partial charge on any atom is -0.367 e. The Morgan fingerprint density at radius 2 is 1.97 bits per heavy atom. The van der Waals surface area contributed by atoms with E-state index in [9.17, 15) is 8.42 Å². The third-order valence-corrected chi connectivity index (χ3v) is 6.48. The molecular weight excluding hydrogens is 450 g/mol. The molecule has 166 valence electrons. The first-order chi connectivity index (χ1) is 15.4. The lowest BCUT2D eigenvalue weighted by molar-refractivity contribution is 0.256. The van der Waals surface area contributed by atoms with Crippen LogP contribution in [0.15, 0.2) is 54.6 Å². The molecule has 3 N–H and O–H groups in total. The van der Waals surface area contributed by atoms with Crippen molar-refractivity contribution in [2.45, 2.75) is 25.3 Å². The molecule has 5 rings (SSSR count). The number of nitrogens with one attached hydrogen (secondary N) is 1. The van der Waals surface area contributed by atoms with Crippen molar-refractivity contribution in [3.8, 4) is 11.3 Å². The van der Waals surface area contributed by atoms with E-state index >= 15 is 0 Å². The lowest BCUT2D eigenvalue weighted by Crippen LogP contribution is -2.21. The third kappa shape index (κ3) is 4.42. The van der Waals surface area contributed by atoms with Gasteiger partial charge in [-0.05, 0) is 36.0 Å². The minimum atomic E-state index is -3.92. The summed E-state index contributed by atoms with van der Waals surface area (Å²) in [6, 6.07) is 18.1. The molecule has 0 bridgehead atoms. The molecule has 0 aliphatic heterocycles. The highest BCUT2D eigenvalue weighted by molar-refractivity contribution is 7.84. The first-order valence-corrected chi connectivity index (χ1v) is 12.2. The summed E-state index contributed by atoms with van der Waals surface area (Å²) in [7, 11) is -3.92. The number of halogens is 1. The lowest BCUT2D eigenvalue weighted by atomic mass is 10.0. The van der Waals surface area contributed by atoms with Crippen molar-refractivity contribution >= 4 is 44.1 Å². The van der Waals surface area contributed by atoms with Gasteiger partial charge in [-0.3, -0.25) is 4.18 Å². The van der Waals surface area contributed by atoms with Gasteiger partial charge in [-0.15, -0.1) is 0 Å². The first kappa shape index (κ1) is 21.1. The van der Waals surface area contributed by atoms with Crippen LogP contribution in [0, 0.1) is 5.92 Å². The zero-order chi connectivity index (χ0) is 22.3. The van der Waals surface area contributed by atoms with Crippen LogP contribution in [0.1, 0.15) is 19.3 Å². The number of fused-ring (bicyclic) bond motifs is 2. The second-order valence-corrected chi connectivity index (χ2v) is 9.70. The van der Waals surface area contributed by atoms with Crippen LogP contribution in [-0.2, 0) is 14.5 Å². The van der Waals surface area contributed by atoms with Crippen molar-refractivity contribution in [1.82, 2.24) is 14.6 Å². The standard InChI is InChI=1S/C22H22ClN5O3S/c23-20-12-22(25-16-9-8-14(10-16)13-31-32(24,29)30)28-21(26-20)11-19(27-28)18-7-3-5-15-4-1-2-6-17(15)18/h1-7,11-12,14,16,25H,8-10,13H2,(H2,24,29,30)/t14-,16+/m1/s1. The highest BCUT2D eigenvalue weighted by Gasteiger charge is 2.27. The van der Waals surface area contributed by atoms with Crippen LogP contribution < -0.4 is 10.5 Å². The van der Waals surface area contributed by atoms with E-state index < -0.39 is 10.3 Å². The molecule has 0 saturated heterocycles. The van der Waals surface area contributed by atoms with Gasteiger partial charge < -0.3 is 5.32 Å². The van der Waals surface area contributed by atoms with E-state index in [1.165, 1.54) is 0 Å². The Morgan fingerprint density at radius 1 is 1.16 bits per heavy atom. The van der Waals surface area contributed by atoms with E-state index in [0.717, 1.165) is 47.1 Å². The Labute approximate surface area is 190 Å². The summed E-state index contributed by atoms with van der Waals surface area (Å²) in [6.07, 6.45) is 2.47. The van der Waals surface area contributed by atoms with Crippen molar-refractivity contribution in [3.63, 3.8) is 0 Å². The van der Waals surface area contributed by atoms with Gasteiger partial charge in [0.05, 0.1) is 12.3 Å². The Balaban J connectivity index is 1.43. The summed E-state index contributed by atoms with van der Waals surface area (Å²) in [5.74, 6) is 0.854. The zero-order valence-electron chi connectivity index (χ0n) is 17.1. The van der Waals surface area contributed by atoms with Crippen molar-refractivity contribution in [1.29, 1.82) is 0 Å². The van der Waals surface area contributed by atoms with Gasteiger partial charge in [-0.25, -0.2) is 10.1 Å². The average Bonchev–Trinajstić information content (AvgIpc) is 3.38. The van der Waals surface area contributed by atoms with Gasteiger partial charge in [0, 0.05) is 23.7 Å². The normalized spacial score (nSPS) is 19.1. The van der Waals surface area contributed by atoms with E-state index in [-0.39, 0.29) is 18.6 Å². The van der Waals surface area contributed by atoms with Gasteiger partial charge in [0.2, 0.25) is 0 Å². The van der Waals surface area contributed by atoms with Gasteiger partial charge in [-0.1, -0.05) is 54.1 Å². The number of anilines is 1. The molecule has 0 spiro atoms. The predicted molar refractivity (Wildman–Crippen MR) is 125 cm³/mol. The average molecular weight is 472 g/mol. The first-order valence-electron chi connectivity index (χ1n) is 10.3. The monoisotopic (exact) mass is 471 g/mol. The van der Waals surface area contributed by atoms with Crippen molar-refractivity contribution in [3.05, 3.63) is 59.8 Å². The summed E-state index contributed by atoms with van der Waals surface area (Å²) in [5.41, 5.74) is 2.48. The van der Waals surface area contributed by atoms with E-state index in [1.807, 2.05) is 30.3 Å². The summed E-state index contributed by atoms with van der Waals surface area (Å²) in [6.45, 7) is 0.0938. The topological polar surface area (TPSA) is 112 Å². The molecule has 1 saturated carbocycles. The lowest BCUT2D eigenvalue weighted by Gasteiger charge is -2.15. The number of nitrogens with zero attached hydrogens (tertiary/aromatic N) is 3. The second-order valence-electron chi connectivity index (χ2n) is 8.09. The zero-order valence-corrected chi connectivity index (χ0v) is 18.7. The molecule has 4 aromatic rings. The Bertz CT molecular complexity index is 1400. The molecule has 0 radical (unpaired) electrons. The largest absolute Gasteiger partial charge is 0.367 e. The molecule has 2 aromatic heterocycles. The maximum atomic E-state index is 11.1. The number of nitrogens with two attached hydrogens (primary N) is 1. The van der Waals surface area contributed by atoms with E-state index in [4.69, 9.17) is 26.0 Å². The summed E-state index contributed by atoms with van der Waals surface area (Å²) >= 11 is 6.30. The maximum absolute atomic E-state index is 11.1. The summed E-state index contributed by atoms with van der Waals surface area (Å²) in [4.78, 5) is 4.43. The Morgan fingerprint density at radius 3 is 2.81 bits per heavy atom. The van der Waals surface area contributed by atoms with Gasteiger partial charge in [0.25, 0.3) is 0 Å². The molecule has 1 aliphatic carbocycles.